The number of fused-ring (bicyclic) bond motifs is 1. The number of aliphatic hydroxyl groups is 1. The molecule has 3 aromatic rings. The number of aromatic nitrogens is 2. The number of hydrogen-bond donors (Lipinski definition) is 4. The van der Waals surface area contributed by atoms with Gasteiger partial charge < -0.3 is 36.6 Å². The quantitative estimate of drug-likeness (QED) is 0.405. The molecule has 2 fully saturated rings. The van der Waals surface area contributed by atoms with Crippen LogP contribution in [0.5, 0.6) is 0 Å². The molecule has 1 aromatic carbocycles. The summed E-state index contributed by atoms with van der Waals surface area (Å²) in [6, 6.07) is 8.85. The first-order valence-corrected chi connectivity index (χ1v) is 12.3. The second-order valence-electron chi connectivity index (χ2n) is 9.92. The van der Waals surface area contributed by atoms with Crippen LogP contribution < -0.4 is 26.6 Å². The third kappa shape index (κ3) is 4.87. The summed E-state index contributed by atoms with van der Waals surface area (Å²) in [6.45, 7) is 4.65. The van der Waals surface area contributed by atoms with E-state index in [1.54, 1.807) is 30.4 Å². The molecule has 5 rings (SSSR count). The number of hydrogen-bond acceptors (Lipinski definition) is 9. The van der Waals surface area contributed by atoms with Crippen molar-refractivity contribution in [2.45, 2.75) is 19.1 Å². The van der Waals surface area contributed by atoms with Crippen LogP contribution in [0, 0.1) is 5.92 Å². The SMILES string of the molecule is CC1CN(c2ccncc2NC(=O)c2nc3cc(N4CCN(C)C(=O)C4)ccc3cc2N)CC(N)C1O. The number of pyridine rings is 2. The second-order valence-corrected chi connectivity index (χ2v) is 9.92. The van der Waals surface area contributed by atoms with Crippen molar-refractivity contribution >= 4 is 45.5 Å². The van der Waals surface area contributed by atoms with Crippen LogP contribution in [0.2, 0.25) is 0 Å². The maximum absolute atomic E-state index is 13.3. The van der Waals surface area contributed by atoms with Gasteiger partial charge in [0.15, 0.2) is 5.69 Å². The molecule has 2 aromatic heterocycles. The van der Waals surface area contributed by atoms with Gasteiger partial charge in [0.05, 0.1) is 41.4 Å². The molecule has 6 N–H and O–H groups in total. The summed E-state index contributed by atoms with van der Waals surface area (Å²) >= 11 is 0. The fourth-order valence-electron chi connectivity index (χ4n) is 4.98. The molecule has 37 heavy (non-hydrogen) atoms. The number of nitrogens with two attached hydrogens (primary N) is 2. The smallest absolute Gasteiger partial charge is 0.276 e. The first-order valence-electron chi connectivity index (χ1n) is 12.3. The largest absolute Gasteiger partial charge is 0.397 e. The minimum atomic E-state index is -0.577. The molecule has 11 nitrogen and oxygen atoms in total. The van der Waals surface area contributed by atoms with Gasteiger partial charge in [-0.3, -0.25) is 14.6 Å². The summed E-state index contributed by atoms with van der Waals surface area (Å²) < 4.78 is 0. The molecule has 0 bridgehead atoms. The van der Waals surface area contributed by atoms with Gasteiger partial charge >= 0.3 is 0 Å². The molecule has 2 aliphatic rings. The van der Waals surface area contributed by atoms with Crippen LogP contribution in [0.1, 0.15) is 17.4 Å². The molecule has 0 radical (unpaired) electrons. The molecular formula is C26H32N8O3. The van der Waals surface area contributed by atoms with E-state index in [-0.39, 0.29) is 23.2 Å². The Hall–Kier alpha value is -3.96. The zero-order valence-electron chi connectivity index (χ0n) is 21.0. The van der Waals surface area contributed by atoms with Gasteiger partial charge in [0.2, 0.25) is 5.91 Å². The minimum absolute atomic E-state index is 0.0249. The van der Waals surface area contributed by atoms with Gasteiger partial charge in [0.1, 0.15) is 0 Å². The normalized spacial score (nSPS) is 22.4. The zero-order chi connectivity index (χ0) is 26.3. The van der Waals surface area contributed by atoms with Gasteiger partial charge in [-0.1, -0.05) is 13.0 Å². The molecule has 11 heteroatoms. The van der Waals surface area contributed by atoms with E-state index in [2.05, 4.69) is 15.3 Å². The second kappa shape index (κ2) is 9.83. The molecular weight excluding hydrogens is 472 g/mol. The highest BCUT2D eigenvalue weighted by atomic mass is 16.3. The van der Waals surface area contributed by atoms with E-state index in [0.29, 0.717) is 37.4 Å². The van der Waals surface area contributed by atoms with Crippen LogP contribution in [0.3, 0.4) is 0 Å². The number of nitrogens with zero attached hydrogens (tertiary/aromatic N) is 5. The maximum atomic E-state index is 13.3. The number of carbonyl (C=O) groups is 2. The lowest BCUT2D eigenvalue weighted by molar-refractivity contribution is -0.129. The summed E-state index contributed by atoms with van der Waals surface area (Å²) in [6.07, 6.45) is 2.65. The van der Waals surface area contributed by atoms with E-state index in [0.717, 1.165) is 23.3 Å². The number of likely N-dealkylation sites (N-methyl/N-ethyl adjacent to an activating group) is 1. The van der Waals surface area contributed by atoms with E-state index in [9.17, 15) is 14.7 Å². The lowest BCUT2D eigenvalue weighted by Gasteiger charge is -2.40. The van der Waals surface area contributed by atoms with Gasteiger partial charge in [-0.15, -0.1) is 0 Å². The summed E-state index contributed by atoms with van der Waals surface area (Å²) in [4.78, 5) is 40.0. The fourth-order valence-corrected chi connectivity index (χ4v) is 4.98. The van der Waals surface area contributed by atoms with Gasteiger partial charge in [0.25, 0.3) is 5.91 Å². The Morgan fingerprint density at radius 1 is 1.16 bits per heavy atom. The number of piperidine rings is 1. The molecule has 0 spiro atoms. The highest BCUT2D eigenvalue weighted by Crippen LogP contribution is 2.30. The lowest BCUT2D eigenvalue weighted by atomic mass is 9.92. The first kappa shape index (κ1) is 24.7. The summed E-state index contributed by atoms with van der Waals surface area (Å²) in [7, 11) is 1.80. The number of nitrogen functional groups attached to an aromatic ring is 1. The van der Waals surface area contributed by atoms with Crippen LogP contribution >= 0.6 is 0 Å². The number of carbonyl (C=O) groups excluding carboxylic acids is 2. The monoisotopic (exact) mass is 504 g/mol. The van der Waals surface area contributed by atoms with Gasteiger partial charge in [-0.2, -0.15) is 0 Å². The van der Waals surface area contributed by atoms with Crippen LogP contribution in [-0.2, 0) is 4.79 Å². The molecule has 0 saturated carbocycles. The Bertz CT molecular complexity index is 1340. The van der Waals surface area contributed by atoms with Crippen LogP contribution in [0.15, 0.2) is 42.7 Å². The Morgan fingerprint density at radius 2 is 1.97 bits per heavy atom. The molecule has 0 aliphatic carbocycles. The molecule has 194 valence electrons. The van der Waals surface area contributed by atoms with Crippen molar-refractivity contribution in [3.8, 4) is 0 Å². The number of benzene rings is 1. The molecule has 3 atom stereocenters. The van der Waals surface area contributed by atoms with Crippen LogP contribution in [-0.4, -0.2) is 83.7 Å². The molecule has 4 heterocycles. The van der Waals surface area contributed by atoms with Crippen LogP contribution in [0.4, 0.5) is 22.7 Å². The number of amides is 2. The summed E-state index contributed by atoms with van der Waals surface area (Å²) in [5.41, 5.74) is 15.5. The van der Waals surface area contributed by atoms with Crippen molar-refractivity contribution < 1.29 is 14.7 Å². The van der Waals surface area contributed by atoms with Crippen molar-refractivity contribution in [1.29, 1.82) is 0 Å². The minimum Gasteiger partial charge on any atom is -0.397 e. The third-order valence-corrected chi connectivity index (χ3v) is 7.22. The molecule has 2 aliphatic heterocycles. The molecule has 2 amide bonds. The molecule has 2 saturated heterocycles. The first-order chi connectivity index (χ1) is 17.7. The lowest BCUT2D eigenvalue weighted by Crippen LogP contribution is -2.55. The average Bonchev–Trinajstić information content (AvgIpc) is 2.88. The highest BCUT2D eigenvalue weighted by Gasteiger charge is 2.32. The van der Waals surface area contributed by atoms with Crippen molar-refractivity contribution in [2.75, 3.05) is 60.6 Å². The third-order valence-electron chi connectivity index (χ3n) is 7.22. The van der Waals surface area contributed by atoms with Gasteiger partial charge in [0, 0.05) is 62.5 Å². The topological polar surface area (TPSA) is 154 Å². The maximum Gasteiger partial charge on any atom is 0.276 e. The zero-order valence-corrected chi connectivity index (χ0v) is 21.0. The fraction of sp³-hybridized carbons (Fsp3) is 0.385. The van der Waals surface area contributed by atoms with Crippen molar-refractivity contribution in [2.24, 2.45) is 11.7 Å². The predicted molar refractivity (Wildman–Crippen MR) is 144 cm³/mol. The van der Waals surface area contributed by atoms with Crippen molar-refractivity contribution in [3.05, 3.63) is 48.4 Å². The Kier molecular flexibility index (Phi) is 6.57. The van der Waals surface area contributed by atoms with E-state index < -0.39 is 18.1 Å². The summed E-state index contributed by atoms with van der Waals surface area (Å²) in [5.74, 6) is -0.422. The predicted octanol–water partition coefficient (Wildman–Crippen LogP) is 0.887. The van der Waals surface area contributed by atoms with E-state index in [4.69, 9.17) is 11.5 Å². The standard InChI is InChI=1S/C26H32N8O3/c1-15-12-34(13-19(28)25(15)36)22-5-6-29-11-21(22)31-26(37)24-18(27)9-16-3-4-17(10-20(16)30-24)33-8-7-32(2)23(35)14-33/h3-6,9-11,15,19,25,36H,7-8,12-14,27-28H2,1-2H3,(H,31,37). The van der Waals surface area contributed by atoms with Crippen LogP contribution in [0.25, 0.3) is 10.9 Å². The number of rotatable bonds is 4. The van der Waals surface area contributed by atoms with E-state index in [1.807, 2.05) is 41.0 Å². The Labute approximate surface area is 215 Å². The van der Waals surface area contributed by atoms with Crippen molar-refractivity contribution in [1.82, 2.24) is 14.9 Å². The number of nitrogens with one attached hydrogen (secondary N) is 1. The van der Waals surface area contributed by atoms with Gasteiger partial charge in [-0.25, -0.2) is 4.98 Å². The van der Waals surface area contributed by atoms with Crippen molar-refractivity contribution in [3.63, 3.8) is 0 Å². The number of aliphatic hydroxyl groups excluding tert-OH is 1. The Balaban J connectivity index is 1.41. The highest BCUT2D eigenvalue weighted by molar-refractivity contribution is 6.09. The van der Waals surface area contributed by atoms with E-state index in [1.165, 1.54) is 0 Å². The van der Waals surface area contributed by atoms with E-state index >= 15 is 0 Å². The summed E-state index contributed by atoms with van der Waals surface area (Å²) in [5, 5.41) is 14.0. The van der Waals surface area contributed by atoms with Gasteiger partial charge in [-0.05, 0) is 24.3 Å². The molecule has 3 unspecified atom stereocenters. The Morgan fingerprint density at radius 3 is 2.73 bits per heavy atom. The number of piperazine rings is 1. The number of anilines is 4. The average molecular weight is 505 g/mol.